The summed E-state index contributed by atoms with van der Waals surface area (Å²) in [6, 6.07) is 7.61. The van der Waals surface area contributed by atoms with Gasteiger partial charge in [-0.05, 0) is 49.4 Å². The zero-order valence-corrected chi connectivity index (χ0v) is 16.1. The standard InChI is InChI=1S/C21H20F3N5O/c22-21(23,24)17-12-18(29-20(28-17)15-6-8-25-9-7-15)27-13-14-5-10-26-19(11-14)30-16-3-1-2-4-16/h5-12,16H,1-4,13H2,(H,27,28,29). The van der Waals surface area contributed by atoms with Crippen molar-refractivity contribution < 1.29 is 17.9 Å². The van der Waals surface area contributed by atoms with Gasteiger partial charge >= 0.3 is 6.18 Å². The van der Waals surface area contributed by atoms with E-state index in [9.17, 15) is 13.2 Å². The average Bonchev–Trinajstić information content (AvgIpc) is 3.25. The van der Waals surface area contributed by atoms with E-state index in [-0.39, 0.29) is 24.3 Å². The number of pyridine rings is 2. The van der Waals surface area contributed by atoms with E-state index in [4.69, 9.17) is 4.74 Å². The molecule has 1 aliphatic carbocycles. The van der Waals surface area contributed by atoms with Crippen LogP contribution in [-0.2, 0) is 12.7 Å². The number of nitrogens with zero attached hydrogens (tertiary/aromatic N) is 4. The Morgan fingerprint density at radius 3 is 2.50 bits per heavy atom. The highest BCUT2D eigenvalue weighted by atomic mass is 19.4. The first-order valence-corrected chi connectivity index (χ1v) is 9.69. The van der Waals surface area contributed by atoms with Crippen LogP contribution in [0.2, 0.25) is 0 Å². The summed E-state index contributed by atoms with van der Waals surface area (Å²) >= 11 is 0. The Kier molecular flexibility index (Phi) is 5.78. The van der Waals surface area contributed by atoms with Crippen molar-refractivity contribution >= 4 is 5.82 Å². The fourth-order valence-electron chi connectivity index (χ4n) is 3.31. The van der Waals surface area contributed by atoms with E-state index in [2.05, 4.69) is 25.3 Å². The Morgan fingerprint density at radius 1 is 1.00 bits per heavy atom. The summed E-state index contributed by atoms with van der Waals surface area (Å²) in [7, 11) is 0. The van der Waals surface area contributed by atoms with Crippen molar-refractivity contribution in [3.05, 3.63) is 60.2 Å². The molecule has 30 heavy (non-hydrogen) atoms. The molecule has 1 fully saturated rings. The van der Waals surface area contributed by atoms with Gasteiger partial charge in [0.2, 0.25) is 5.88 Å². The van der Waals surface area contributed by atoms with E-state index in [0.29, 0.717) is 11.4 Å². The van der Waals surface area contributed by atoms with E-state index in [1.165, 1.54) is 12.4 Å². The molecule has 156 valence electrons. The molecule has 3 aromatic rings. The summed E-state index contributed by atoms with van der Waals surface area (Å²) in [6.45, 7) is 0.271. The second-order valence-corrected chi connectivity index (χ2v) is 7.08. The topological polar surface area (TPSA) is 72.8 Å². The van der Waals surface area contributed by atoms with Crippen LogP contribution in [-0.4, -0.2) is 26.0 Å². The van der Waals surface area contributed by atoms with Crippen LogP contribution in [0.25, 0.3) is 11.4 Å². The molecule has 4 rings (SSSR count). The number of hydrogen-bond donors (Lipinski definition) is 1. The highest BCUT2D eigenvalue weighted by molar-refractivity contribution is 5.57. The van der Waals surface area contributed by atoms with E-state index in [0.717, 1.165) is 37.3 Å². The number of alkyl halides is 3. The fraction of sp³-hybridized carbons (Fsp3) is 0.333. The molecule has 3 heterocycles. The maximum atomic E-state index is 13.3. The van der Waals surface area contributed by atoms with Crippen molar-refractivity contribution in [3.8, 4) is 17.3 Å². The molecule has 0 aromatic carbocycles. The number of nitrogens with one attached hydrogen (secondary N) is 1. The van der Waals surface area contributed by atoms with Crippen LogP contribution in [0.3, 0.4) is 0 Å². The normalized spacial score (nSPS) is 14.6. The number of ether oxygens (including phenoxy) is 1. The number of rotatable bonds is 6. The summed E-state index contributed by atoms with van der Waals surface area (Å²) in [4.78, 5) is 16.0. The molecule has 1 saturated carbocycles. The molecule has 0 bridgehead atoms. The van der Waals surface area contributed by atoms with Crippen LogP contribution in [0.15, 0.2) is 48.9 Å². The molecule has 3 aromatic heterocycles. The van der Waals surface area contributed by atoms with Crippen LogP contribution >= 0.6 is 0 Å². The lowest BCUT2D eigenvalue weighted by Crippen LogP contribution is -2.13. The molecular weight excluding hydrogens is 395 g/mol. The highest BCUT2D eigenvalue weighted by Gasteiger charge is 2.33. The lowest BCUT2D eigenvalue weighted by atomic mass is 10.2. The molecule has 1 N–H and O–H groups in total. The molecule has 0 radical (unpaired) electrons. The molecular formula is C21H20F3N5O. The zero-order valence-electron chi connectivity index (χ0n) is 16.1. The fourth-order valence-corrected chi connectivity index (χ4v) is 3.31. The molecule has 1 aliphatic rings. The van der Waals surface area contributed by atoms with Crippen molar-refractivity contribution in [2.75, 3.05) is 5.32 Å². The van der Waals surface area contributed by atoms with Gasteiger partial charge in [0.15, 0.2) is 11.5 Å². The molecule has 0 unspecified atom stereocenters. The van der Waals surface area contributed by atoms with Crippen LogP contribution in [0.5, 0.6) is 5.88 Å². The van der Waals surface area contributed by atoms with E-state index >= 15 is 0 Å². The van der Waals surface area contributed by atoms with E-state index in [1.54, 1.807) is 30.5 Å². The summed E-state index contributed by atoms with van der Waals surface area (Å²) in [5, 5.41) is 2.95. The van der Waals surface area contributed by atoms with E-state index < -0.39 is 11.9 Å². The third-order valence-electron chi connectivity index (χ3n) is 4.82. The van der Waals surface area contributed by atoms with Gasteiger partial charge in [0.25, 0.3) is 0 Å². The van der Waals surface area contributed by atoms with Crippen molar-refractivity contribution in [2.45, 2.75) is 44.5 Å². The van der Waals surface area contributed by atoms with Gasteiger partial charge in [-0.1, -0.05) is 0 Å². The van der Waals surface area contributed by atoms with E-state index in [1.807, 2.05) is 0 Å². The summed E-state index contributed by atoms with van der Waals surface area (Å²) in [6.07, 6.45) is 4.53. The van der Waals surface area contributed by atoms with Gasteiger partial charge in [-0.15, -0.1) is 0 Å². The third-order valence-corrected chi connectivity index (χ3v) is 4.82. The molecule has 0 spiro atoms. The Bertz CT molecular complexity index is 991. The molecule has 0 saturated heterocycles. The van der Waals surface area contributed by atoms with Gasteiger partial charge in [0.05, 0.1) is 0 Å². The van der Waals surface area contributed by atoms with Gasteiger partial charge in [0, 0.05) is 42.8 Å². The minimum absolute atomic E-state index is 0.0188. The molecule has 9 heteroatoms. The van der Waals surface area contributed by atoms with Crippen molar-refractivity contribution in [1.29, 1.82) is 0 Å². The second-order valence-electron chi connectivity index (χ2n) is 7.08. The SMILES string of the molecule is FC(F)(F)c1cc(NCc2ccnc(OC3CCCC3)c2)nc(-c2ccncc2)n1. The largest absolute Gasteiger partial charge is 0.474 e. The molecule has 0 amide bonds. The van der Waals surface area contributed by atoms with Crippen molar-refractivity contribution in [2.24, 2.45) is 0 Å². The van der Waals surface area contributed by atoms with Gasteiger partial charge in [-0.3, -0.25) is 4.98 Å². The predicted molar refractivity (Wildman–Crippen MR) is 105 cm³/mol. The molecule has 0 atom stereocenters. The van der Waals surface area contributed by atoms with Gasteiger partial charge in [-0.2, -0.15) is 13.2 Å². The molecule has 0 aliphatic heterocycles. The van der Waals surface area contributed by atoms with Gasteiger partial charge in [-0.25, -0.2) is 15.0 Å². The maximum Gasteiger partial charge on any atom is 0.433 e. The van der Waals surface area contributed by atoms with Gasteiger partial charge in [0.1, 0.15) is 11.9 Å². The Morgan fingerprint density at radius 2 is 1.77 bits per heavy atom. The second kappa shape index (κ2) is 8.64. The summed E-state index contributed by atoms with van der Waals surface area (Å²) in [5.41, 5.74) is 0.276. The number of hydrogen-bond acceptors (Lipinski definition) is 6. The lowest BCUT2D eigenvalue weighted by Gasteiger charge is -2.14. The monoisotopic (exact) mass is 415 g/mol. The zero-order chi connectivity index (χ0) is 21.0. The summed E-state index contributed by atoms with van der Waals surface area (Å²) in [5.74, 6) is 0.589. The quantitative estimate of drug-likeness (QED) is 0.618. The molecule has 6 nitrogen and oxygen atoms in total. The first-order valence-electron chi connectivity index (χ1n) is 9.69. The van der Waals surface area contributed by atoms with Crippen LogP contribution in [0.4, 0.5) is 19.0 Å². The number of aromatic nitrogens is 4. The number of halogens is 3. The number of anilines is 1. The maximum absolute atomic E-state index is 13.3. The first-order chi connectivity index (χ1) is 14.5. The third kappa shape index (κ3) is 5.03. The van der Waals surface area contributed by atoms with Crippen LogP contribution in [0.1, 0.15) is 36.9 Å². The smallest absolute Gasteiger partial charge is 0.433 e. The van der Waals surface area contributed by atoms with Crippen molar-refractivity contribution in [3.63, 3.8) is 0 Å². The predicted octanol–water partition coefficient (Wildman–Crippen LogP) is 4.89. The minimum atomic E-state index is -4.58. The van der Waals surface area contributed by atoms with Crippen LogP contribution in [0, 0.1) is 0 Å². The van der Waals surface area contributed by atoms with Gasteiger partial charge < -0.3 is 10.1 Å². The Labute approximate surface area is 171 Å². The van der Waals surface area contributed by atoms with Crippen LogP contribution < -0.4 is 10.1 Å². The Balaban J connectivity index is 1.52. The Hall–Kier alpha value is -3.23. The van der Waals surface area contributed by atoms with Crippen molar-refractivity contribution in [1.82, 2.24) is 19.9 Å². The highest BCUT2D eigenvalue weighted by Crippen LogP contribution is 2.31. The average molecular weight is 415 g/mol. The minimum Gasteiger partial charge on any atom is -0.474 e. The lowest BCUT2D eigenvalue weighted by molar-refractivity contribution is -0.141. The first kappa shape index (κ1) is 20.1. The summed E-state index contributed by atoms with van der Waals surface area (Å²) < 4.78 is 45.8.